The summed E-state index contributed by atoms with van der Waals surface area (Å²) in [7, 11) is 0. The van der Waals surface area contributed by atoms with E-state index in [9.17, 15) is 5.26 Å². The Morgan fingerprint density at radius 2 is 1.89 bits per heavy atom. The Kier molecular flexibility index (Phi) is 4.80. The van der Waals surface area contributed by atoms with Gasteiger partial charge in [-0.3, -0.25) is 0 Å². The Morgan fingerprint density at radius 3 is 2.68 bits per heavy atom. The summed E-state index contributed by atoms with van der Waals surface area (Å²) in [5, 5.41) is 11.3. The van der Waals surface area contributed by atoms with Gasteiger partial charge in [-0.2, -0.15) is 5.26 Å². The van der Waals surface area contributed by atoms with E-state index in [0.717, 1.165) is 22.9 Å². The van der Waals surface area contributed by atoms with Crippen molar-refractivity contribution in [3.8, 4) is 11.8 Å². The molecule has 0 aromatic heterocycles. The second-order valence-electron chi connectivity index (χ2n) is 4.68. The molecule has 0 spiro atoms. The van der Waals surface area contributed by atoms with Gasteiger partial charge in [-0.25, -0.2) is 0 Å². The highest BCUT2D eigenvalue weighted by molar-refractivity contribution is 5.90. The number of rotatable bonds is 6. The third-order valence-electron chi connectivity index (χ3n) is 3.24. The van der Waals surface area contributed by atoms with Crippen molar-refractivity contribution < 1.29 is 4.74 Å². The van der Waals surface area contributed by atoms with E-state index in [-0.39, 0.29) is 0 Å². The quantitative estimate of drug-likeness (QED) is 0.701. The van der Waals surface area contributed by atoms with Crippen LogP contribution >= 0.6 is 0 Å². The highest BCUT2D eigenvalue weighted by atomic mass is 16.5. The van der Waals surface area contributed by atoms with Gasteiger partial charge in [0.25, 0.3) is 0 Å². The average Bonchev–Trinajstić information content (AvgIpc) is 2.47. The smallest absolute Gasteiger partial charge is 0.144 e. The standard InChI is InChI=1S/C17H19NO/c1-2-3-4-7-12-19-17-15(13-18)11-10-14-8-5-6-9-16(14)17/h5-6,8-11H,2-4,7,12H2,1H3. The molecule has 0 aliphatic rings. The monoisotopic (exact) mass is 253 g/mol. The summed E-state index contributed by atoms with van der Waals surface area (Å²) >= 11 is 0. The summed E-state index contributed by atoms with van der Waals surface area (Å²) in [6, 6.07) is 14.1. The van der Waals surface area contributed by atoms with Crippen molar-refractivity contribution in [3.05, 3.63) is 42.0 Å². The first-order valence-corrected chi connectivity index (χ1v) is 6.91. The Hall–Kier alpha value is -2.01. The van der Waals surface area contributed by atoms with Crippen LogP contribution < -0.4 is 4.74 Å². The number of hydrogen-bond acceptors (Lipinski definition) is 2. The first kappa shape index (κ1) is 13.4. The molecule has 0 heterocycles. The van der Waals surface area contributed by atoms with Crippen molar-refractivity contribution in [1.82, 2.24) is 0 Å². The molecule has 0 aliphatic heterocycles. The summed E-state index contributed by atoms with van der Waals surface area (Å²) in [5.74, 6) is 0.733. The molecule has 0 saturated carbocycles. The van der Waals surface area contributed by atoms with Crippen LogP contribution in [0.4, 0.5) is 0 Å². The van der Waals surface area contributed by atoms with E-state index < -0.39 is 0 Å². The lowest BCUT2D eigenvalue weighted by Crippen LogP contribution is -2.00. The van der Waals surface area contributed by atoms with Crippen LogP contribution in [0.2, 0.25) is 0 Å². The van der Waals surface area contributed by atoms with E-state index >= 15 is 0 Å². The molecule has 98 valence electrons. The molecular formula is C17H19NO. The zero-order valence-corrected chi connectivity index (χ0v) is 11.4. The van der Waals surface area contributed by atoms with Crippen molar-refractivity contribution in [2.75, 3.05) is 6.61 Å². The molecular weight excluding hydrogens is 234 g/mol. The summed E-state index contributed by atoms with van der Waals surface area (Å²) < 4.78 is 5.87. The van der Waals surface area contributed by atoms with Gasteiger partial charge in [0.15, 0.2) is 0 Å². The SMILES string of the molecule is CCCCCCOc1c(C#N)ccc2ccccc12. The molecule has 0 amide bonds. The topological polar surface area (TPSA) is 33.0 Å². The number of benzene rings is 2. The lowest BCUT2D eigenvalue weighted by molar-refractivity contribution is 0.307. The number of hydrogen-bond donors (Lipinski definition) is 0. The van der Waals surface area contributed by atoms with Crippen molar-refractivity contribution in [2.24, 2.45) is 0 Å². The number of nitriles is 1. The normalized spacial score (nSPS) is 10.3. The molecule has 0 aliphatic carbocycles. The van der Waals surface area contributed by atoms with Crippen LogP contribution in [0.1, 0.15) is 38.2 Å². The molecule has 2 heteroatoms. The van der Waals surface area contributed by atoms with Gasteiger partial charge < -0.3 is 4.74 Å². The Balaban J connectivity index is 2.17. The number of nitrogens with zero attached hydrogens (tertiary/aromatic N) is 1. The van der Waals surface area contributed by atoms with Gasteiger partial charge in [0.2, 0.25) is 0 Å². The molecule has 0 bridgehead atoms. The number of unbranched alkanes of at least 4 members (excludes halogenated alkanes) is 3. The van der Waals surface area contributed by atoms with Gasteiger partial charge in [0.05, 0.1) is 12.2 Å². The van der Waals surface area contributed by atoms with Gasteiger partial charge in [0, 0.05) is 5.39 Å². The van der Waals surface area contributed by atoms with Gasteiger partial charge in [-0.1, -0.05) is 56.5 Å². The van der Waals surface area contributed by atoms with Crippen LogP contribution in [-0.4, -0.2) is 6.61 Å². The van der Waals surface area contributed by atoms with Crippen molar-refractivity contribution in [2.45, 2.75) is 32.6 Å². The number of ether oxygens (including phenoxy) is 1. The molecule has 2 rings (SSSR count). The van der Waals surface area contributed by atoms with Gasteiger partial charge in [-0.15, -0.1) is 0 Å². The maximum Gasteiger partial charge on any atom is 0.144 e. The van der Waals surface area contributed by atoms with E-state index in [2.05, 4.69) is 13.0 Å². The zero-order valence-electron chi connectivity index (χ0n) is 11.4. The maximum absolute atomic E-state index is 9.19. The molecule has 0 unspecified atom stereocenters. The highest BCUT2D eigenvalue weighted by Crippen LogP contribution is 2.29. The maximum atomic E-state index is 9.19. The molecule has 0 N–H and O–H groups in total. The Labute approximate surface area is 114 Å². The predicted molar refractivity (Wildman–Crippen MR) is 78.3 cm³/mol. The van der Waals surface area contributed by atoms with Crippen LogP contribution in [0.25, 0.3) is 10.8 Å². The first-order chi connectivity index (χ1) is 9.36. The minimum Gasteiger partial charge on any atom is -0.492 e. The van der Waals surface area contributed by atoms with E-state index in [0.29, 0.717) is 12.2 Å². The van der Waals surface area contributed by atoms with Crippen LogP contribution in [0.5, 0.6) is 5.75 Å². The van der Waals surface area contributed by atoms with Gasteiger partial charge in [-0.05, 0) is 17.9 Å². The molecule has 2 nitrogen and oxygen atoms in total. The van der Waals surface area contributed by atoms with E-state index in [4.69, 9.17) is 4.74 Å². The number of fused-ring (bicyclic) bond motifs is 1. The molecule has 2 aromatic carbocycles. The van der Waals surface area contributed by atoms with Crippen LogP contribution in [0, 0.1) is 11.3 Å². The van der Waals surface area contributed by atoms with Crippen LogP contribution in [0.3, 0.4) is 0 Å². The molecule has 0 fully saturated rings. The second kappa shape index (κ2) is 6.80. The molecule has 19 heavy (non-hydrogen) atoms. The van der Waals surface area contributed by atoms with Crippen molar-refractivity contribution >= 4 is 10.8 Å². The Morgan fingerprint density at radius 1 is 1.05 bits per heavy atom. The third-order valence-corrected chi connectivity index (χ3v) is 3.24. The molecule has 0 radical (unpaired) electrons. The van der Waals surface area contributed by atoms with Crippen molar-refractivity contribution in [1.29, 1.82) is 5.26 Å². The first-order valence-electron chi connectivity index (χ1n) is 6.91. The minimum absolute atomic E-state index is 0.620. The fourth-order valence-corrected chi connectivity index (χ4v) is 2.19. The van der Waals surface area contributed by atoms with Gasteiger partial charge >= 0.3 is 0 Å². The van der Waals surface area contributed by atoms with Crippen LogP contribution in [-0.2, 0) is 0 Å². The predicted octanol–water partition coefficient (Wildman–Crippen LogP) is 4.67. The third kappa shape index (κ3) is 3.26. The largest absolute Gasteiger partial charge is 0.492 e. The lowest BCUT2D eigenvalue weighted by Gasteiger charge is -2.11. The average molecular weight is 253 g/mol. The fraction of sp³-hybridized carbons (Fsp3) is 0.353. The van der Waals surface area contributed by atoms with Gasteiger partial charge in [0.1, 0.15) is 11.8 Å². The fourth-order valence-electron chi connectivity index (χ4n) is 2.19. The molecule has 0 saturated heterocycles. The second-order valence-corrected chi connectivity index (χ2v) is 4.68. The highest BCUT2D eigenvalue weighted by Gasteiger charge is 2.08. The van der Waals surface area contributed by atoms with Crippen LogP contribution in [0.15, 0.2) is 36.4 Å². The van der Waals surface area contributed by atoms with E-state index in [1.54, 1.807) is 0 Å². The summed E-state index contributed by atoms with van der Waals surface area (Å²) in [4.78, 5) is 0. The Bertz CT molecular complexity index is 583. The minimum atomic E-state index is 0.620. The van der Waals surface area contributed by atoms with E-state index in [1.165, 1.54) is 19.3 Å². The summed E-state index contributed by atoms with van der Waals surface area (Å²) in [6.45, 7) is 2.88. The summed E-state index contributed by atoms with van der Waals surface area (Å²) in [5.41, 5.74) is 0.620. The zero-order chi connectivity index (χ0) is 13.5. The lowest BCUT2D eigenvalue weighted by atomic mass is 10.1. The molecule has 2 aromatic rings. The molecule has 0 atom stereocenters. The van der Waals surface area contributed by atoms with Crippen molar-refractivity contribution in [3.63, 3.8) is 0 Å². The summed E-state index contributed by atoms with van der Waals surface area (Å²) in [6.07, 6.45) is 4.69. The van der Waals surface area contributed by atoms with E-state index in [1.807, 2.05) is 36.4 Å².